The van der Waals surface area contributed by atoms with Crippen molar-refractivity contribution in [1.82, 2.24) is 14.8 Å². The number of benzene rings is 2. The number of aromatic nitrogens is 1. The van der Waals surface area contributed by atoms with Crippen LogP contribution in [-0.2, 0) is 11.2 Å². The maximum Gasteiger partial charge on any atom is 0.254 e. The number of likely N-dealkylation sites (tertiary alicyclic amines) is 1. The summed E-state index contributed by atoms with van der Waals surface area (Å²) in [6.07, 6.45) is 6.20. The van der Waals surface area contributed by atoms with Crippen molar-refractivity contribution in [2.45, 2.75) is 32.1 Å². The summed E-state index contributed by atoms with van der Waals surface area (Å²) in [7, 11) is 3.59. The molecule has 1 aliphatic carbocycles. The second-order valence-corrected chi connectivity index (χ2v) is 10.1. The van der Waals surface area contributed by atoms with E-state index in [1.807, 2.05) is 53.4 Å². The van der Waals surface area contributed by atoms with E-state index in [2.05, 4.69) is 6.08 Å². The van der Waals surface area contributed by atoms with E-state index in [1.165, 1.54) is 0 Å². The highest BCUT2D eigenvalue weighted by Gasteiger charge is 2.32. The zero-order valence-electron chi connectivity index (χ0n) is 20.3. The van der Waals surface area contributed by atoms with Crippen LogP contribution in [0.4, 0.5) is 0 Å². The van der Waals surface area contributed by atoms with Gasteiger partial charge in [-0.2, -0.15) is 0 Å². The standard InChI is InChI=1S/C29H30ClN3O2/c1-32(2)28(34)19-14-16-33(17-15-19)29(35)26-22-10-4-6-13-25(22)31-27-21(9-7-11-23(26)27)18-20-8-3-5-12-24(20)30/h3-6,8,10,12-13,18-19H,7,9,11,14-17H2,1-2H3/b21-18-. The highest BCUT2D eigenvalue weighted by atomic mass is 35.5. The molecule has 1 fully saturated rings. The molecule has 0 N–H and O–H groups in total. The lowest BCUT2D eigenvalue weighted by molar-refractivity contribution is -0.134. The number of amides is 2. The lowest BCUT2D eigenvalue weighted by atomic mass is 9.85. The number of carbonyl (C=O) groups is 2. The van der Waals surface area contributed by atoms with Crippen LogP contribution in [0, 0.1) is 5.92 Å². The molecule has 0 radical (unpaired) electrons. The molecule has 0 spiro atoms. The Hall–Kier alpha value is -3.18. The summed E-state index contributed by atoms with van der Waals surface area (Å²) >= 11 is 6.45. The Kier molecular flexibility index (Phi) is 6.61. The van der Waals surface area contributed by atoms with Crippen molar-refractivity contribution in [2.75, 3.05) is 27.2 Å². The second-order valence-electron chi connectivity index (χ2n) is 9.67. The number of para-hydroxylation sites is 1. The third-order valence-electron chi connectivity index (χ3n) is 7.19. The van der Waals surface area contributed by atoms with Crippen LogP contribution in [0.2, 0.25) is 5.02 Å². The number of rotatable bonds is 3. The van der Waals surface area contributed by atoms with Crippen molar-refractivity contribution in [3.63, 3.8) is 0 Å². The van der Waals surface area contributed by atoms with Gasteiger partial charge in [-0.3, -0.25) is 9.59 Å². The van der Waals surface area contributed by atoms with Crippen molar-refractivity contribution in [3.05, 3.63) is 75.9 Å². The summed E-state index contributed by atoms with van der Waals surface area (Å²) in [5.74, 6) is 0.190. The number of piperidine rings is 1. The van der Waals surface area contributed by atoms with E-state index in [0.717, 1.165) is 58.1 Å². The van der Waals surface area contributed by atoms with Crippen molar-refractivity contribution in [3.8, 4) is 0 Å². The smallest absolute Gasteiger partial charge is 0.254 e. The number of hydrogen-bond acceptors (Lipinski definition) is 3. The Bertz CT molecular complexity index is 1320. The van der Waals surface area contributed by atoms with E-state index < -0.39 is 0 Å². The first-order valence-electron chi connectivity index (χ1n) is 12.3. The molecule has 2 aromatic carbocycles. The predicted octanol–water partition coefficient (Wildman–Crippen LogP) is 5.71. The monoisotopic (exact) mass is 487 g/mol. The van der Waals surface area contributed by atoms with E-state index in [4.69, 9.17) is 16.6 Å². The summed E-state index contributed by atoms with van der Waals surface area (Å²) in [5.41, 5.74) is 5.63. The third kappa shape index (κ3) is 4.57. The van der Waals surface area contributed by atoms with Gasteiger partial charge in [0.25, 0.3) is 5.91 Å². The quantitative estimate of drug-likeness (QED) is 0.475. The van der Waals surface area contributed by atoms with Crippen LogP contribution in [0.25, 0.3) is 22.6 Å². The fourth-order valence-electron chi connectivity index (χ4n) is 5.35. The SMILES string of the molecule is CN(C)C(=O)C1CCN(C(=O)c2c3c(nc4ccccc24)/C(=C\c2ccccc2Cl)CCC3)CC1. The zero-order valence-corrected chi connectivity index (χ0v) is 21.0. The van der Waals surface area contributed by atoms with Crippen LogP contribution in [-0.4, -0.2) is 53.8 Å². The van der Waals surface area contributed by atoms with Crippen LogP contribution >= 0.6 is 11.6 Å². The van der Waals surface area contributed by atoms with Gasteiger partial charge < -0.3 is 9.80 Å². The van der Waals surface area contributed by atoms with Gasteiger partial charge in [0.2, 0.25) is 5.91 Å². The maximum absolute atomic E-state index is 14.0. The van der Waals surface area contributed by atoms with E-state index in [9.17, 15) is 9.59 Å². The molecule has 0 saturated carbocycles. The Morgan fingerprint density at radius 1 is 1.03 bits per heavy atom. The molecule has 3 aromatic rings. The molecular weight excluding hydrogens is 458 g/mol. The van der Waals surface area contributed by atoms with Crippen molar-refractivity contribution in [1.29, 1.82) is 0 Å². The summed E-state index contributed by atoms with van der Waals surface area (Å²) in [6.45, 7) is 1.19. The minimum atomic E-state index is -0.0118. The molecular formula is C29H30ClN3O2. The second kappa shape index (κ2) is 9.82. The molecule has 1 aliphatic heterocycles. The average Bonchev–Trinajstić information content (AvgIpc) is 2.88. The minimum Gasteiger partial charge on any atom is -0.349 e. The molecule has 2 heterocycles. The third-order valence-corrected chi connectivity index (χ3v) is 7.54. The molecule has 5 nitrogen and oxygen atoms in total. The van der Waals surface area contributed by atoms with E-state index in [1.54, 1.807) is 19.0 Å². The molecule has 2 aliphatic rings. The van der Waals surface area contributed by atoms with Crippen molar-refractivity contribution < 1.29 is 9.59 Å². The molecule has 6 heteroatoms. The molecule has 5 rings (SSSR count). The number of fused-ring (bicyclic) bond motifs is 2. The topological polar surface area (TPSA) is 53.5 Å². The number of halogens is 1. The summed E-state index contributed by atoms with van der Waals surface area (Å²) in [4.78, 5) is 35.0. The molecule has 2 amide bonds. The van der Waals surface area contributed by atoms with Crippen molar-refractivity contribution in [2.24, 2.45) is 5.92 Å². The first kappa shape index (κ1) is 23.6. The number of allylic oxidation sites excluding steroid dienone is 1. The van der Waals surface area contributed by atoms with Gasteiger partial charge in [0.05, 0.1) is 16.8 Å². The van der Waals surface area contributed by atoms with Crippen LogP contribution in [0.3, 0.4) is 0 Å². The molecule has 35 heavy (non-hydrogen) atoms. The van der Waals surface area contributed by atoms with Crippen molar-refractivity contribution >= 4 is 46.0 Å². The summed E-state index contributed by atoms with van der Waals surface area (Å²) in [6, 6.07) is 15.7. The van der Waals surface area contributed by atoms with Crippen LogP contribution in [0.1, 0.15) is 52.9 Å². The lowest BCUT2D eigenvalue weighted by Gasteiger charge is -2.33. The van der Waals surface area contributed by atoms with Gasteiger partial charge in [-0.05, 0) is 67.0 Å². The molecule has 180 valence electrons. The lowest BCUT2D eigenvalue weighted by Crippen LogP contribution is -2.43. The maximum atomic E-state index is 14.0. The fourth-order valence-corrected chi connectivity index (χ4v) is 5.54. The highest BCUT2D eigenvalue weighted by molar-refractivity contribution is 6.32. The average molecular weight is 488 g/mol. The van der Waals surface area contributed by atoms with E-state index in [0.29, 0.717) is 31.0 Å². The van der Waals surface area contributed by atoms with Gasteiger partial charge in [-0.15, -0.1) is 0 Å². The molecule has 1 aromatic heterocycles. The Morgan fingerprint density at radius 2 is 1.74 bits per heavy atom. The predicted molar refractivity (Wildman–Crippen MR) is 141 cm³/mol. The van der Waals surface area contributed by atoms with Gasteiger partial charge >= 0.3 is 0 Å². The van der Waals surface area contributed by atoms with Crippen LogP contribution < -0.4 is 0 Å². The first-order valence-corrected chi connectivity index (χ1v) is 12.7. The Balaban J connectivity index is 1.55. The number of pyridine rings is 1. The van der Waals surface area contributed by atoms with Gasteiger partial charge in [-0.1, -0.05) is 48.0 Å². The van der Waals surface area contributed by atoms with Gasteiger partial charge in [0, 0.05) is 43.5 Å². The molecule has 0 unspecified atom stereocenters. The largest absolute Gasteiger partial charge is 0.349 e. The van der Waals surface area contributed by atoms with Gasteiger partial charge in [0.15, 0.2) is 0 Å². The minimum absolute atomic E-state index is 0.0118. The number of hydrogen-bond donors (Lipinski definition) is 0. The fraction of sp³-hybridized carbons (Fsp3) is 0.345. The first-order chi connectivity index (χ1) is 16.9. The molecule has 0 atom stereocenters. The summed E-state index contributed by atoms with van der Waals surface area (Å²) < 4.78 is 0. The van der Waals surface area contributed by atoms with E-state index in [-0.39, 0.29) is 17.7 Å². The van der Waals surface area contributed by atoms with Gasteiger partial charge in [-0.25, -0.2) is 4.98 Å². The summed E-state index contributed by atoms with van der Waals surface area (Å²) in [5, 5.41) is 1.61. The Labute approximate surface area is 211 Å². The number of carbonyl (C=O) groups excluding carboxylic acids is 2. The van der Waals surface area contributed by atoms with Gasteiger partial charge in [0.1, 0.15) is 0 Å². The Morgan fingerprint density at radius 3 is 2.49 bits per heavy atom. The van der Waals surface area contributed by atoms with Crippen LogP contribution in [0.15, 0.2) is 48.5 Å². The normalized spacial score (nSPS) is 17.5. The zero-order chi connectivity index (χ0) is 24.5. The number of nitrogens with zero attached hydrogens (tertiary/aromatic N) is 3. The molecule has 0 bridgehead atoms. The van der Waals surface area contributed by atoms with E-state index >= 15 is 0 Å². The highest BCUT2D eigenvalue weighted by Crippen LogP contribution is 2.37. The molecule has 1 saturated heterocycles. The van der Waals surface area contributed by atoms with Crippen LogP contribution in [0.5, 0.6) is 0 Å².